The maximum absolute atomic E-state index is 5.31. The van der Waals surface area contributed by atoms with Crippen LogP contribution in [0.5, 0.6) is 0 Å². The molecule has 2 heterocycles. The van der Waals surface area contributed by atoms with E-state index in [1.165, 1.54) is 9.75 Å². The Morgan fingerprint density at radius 1 is 1.30 bits per heavy atom. The van der Waals surface area contributed by atoms with Gasteiger partial charge in [-0.3, -0.25) is 0 Å². The Hall–Kier alpha value is -1.75. The van der Waals surface area contributed by atoms with Crippen LogP contribution in [0.15, 0.2) is 39.9 Å². The van der Waals surface area contributed by atoms with Gasteiger partial charge in [0, 0.05) is 29.3 Å². The third-order valence-corrected chi connectivity index (χ3v) is 3.76. The topological polar surface area (TPSA) is 49.6 Å². The summed E-state index contributed by atoms with van der Waals surface area (Å²) in [6.07, 6.45) is 2.56. The van der Waals surface area contributed by atoms with Crippen molar-refractivity contribution in [3.63, 3.8) is 0 Å². The highest BCUT2D eigenvalue weighted by atomic mass is 32.1. The van der Waals surface area contributed by atoms with E-state index in [-0.39, 0.29) is 0 Å². The SMILES string of the molecule is CCNC(=NCc1ccc(C)s1)NCCc1ccco1. The minimum Gasteiger partial charge on any atom is -0.469 e. The molecule has 0 aromatic carbocycles. The number of aryl methyl sites for hydroxylation is 1. The van der Waals surface area contributed by atoms with E-state index in [1.54, 1.807) is 17.6 Å². The van der Waals surface area contributed by atoms with Crippen LogP contribution in [0.3, 0.4) is 0 Å². The molecule has 0 spiro atoms. The fraction of sp³-hybridized carbons (Fsp3) is 0.400. The first kappa shape index (κ1) is 14.7. The van der Waals surface area contributed by atoms with Crippen molar-refractivity contribution in [2.24, 2.45) is 4.99 Å². The minimum absolute atomic E-state index is 0.717. The van der Waals surface area contributed by atoms with Crippen molar-refractivity contribution in [1.29, 1.82) is 0 Å². The highest BCUT2D eigenvalue weighted by molar-refractivity contribution is 7.11. The molecule has 2 aromatic rings. The fourth-order valence-electron chi connectivity index (χ4n) is 1.83. The first-order valence-corrected chi connectivity index (χ1v) is 7.69. The molecule has 0 unspecified atom stereocenters. The number of thiophene rings is 1. The quantitative estimate of drug-likeness (QED) is 0.635. The van der Waals surface area contributed by atoms with Gasteiger partial charge in [-0.05, 0) is 38.1 Å². The predicted octanol–water partition coefficient (Wildman–Crippen LogP) is 2.95. The van der Waals surface area contributed by atoms with E-state index in [4.69, 9.17) is 4.42 Å². The molecule has 0 saturated heterocycles. The van der Waals surface area contributed by atoms with Crippen molar-refractivity contribution in [2.45, 2.75) is 26.8 Å². The normalized spacial score (nSPS) is 11.6. The molecule has 2 aromatic heterocycles. The monoisotopic (exact) mass is 291 g/mol. The number of furan rings is 1. The van der Waals surface area contributed by atoms with Crippen LogP contribution in [0.2, 0.25) is 0 Å². The van der Waals surface area contributed by atoms with Crippen LogP contribution in [0, 0.1) is 6.92 Å². The Bertz CT molecular complexity index is 531. The van der Waals surface area contributed by atoms with Crippen molar-refractivity contribution < 1.29 is 4.42 Å². The molecule has 2 N–H and O–H groups in total. The average molecular weight is 291 g/mol. The lowest BCUT2D eigenvalue weighted by molar-refractivity contribution is 0.507. The first-order chi connectivity index (χ1) is 9.78. The molecule has 5 heteroatoms. The third kappa shape index (κ3) is 4.74. The van der Waals surface area contributed by atoms with Crippen LogP contribution >= 0.6 is 11.3 Å². The van der Waals surface area contributed by atoms with Crippen LogP contribution in [-0.4, -0.2) is 19.0 Å². The van der Waals surface area contributed by atoms with Gasteiger partial charge in [0.1, 0.15) is 5.76 Å². The Kier molecular flexibility index (Phi) is 5.68. The molecular weight excluding hydrogens is 270 g/mol. The van der Waals surface area contributed by atoms with Crippen molar-refractivity contribution >= 4 is 17.3 Å². The molecule has 108 valence electrons. The molecule has 2 rings (SSSR count). The van der Waals surface area contributed by atoms with Gasteiger partial charge in [0.25, 0.3) is 0 Å². The molecule has 20 heavy (non-hydrogen) atoms. The summed E-state index contributed by atoms with van der Waals surface area (Å²) < 4.78 is 5.31. The molecule has 0 aliphatic rings. The third-order valence-electron chi connectivity index (χ3n) is 2.78. The van der Waals surface area contributed by atoms with E-state index in [0.717, 1.165) is 31.2 Å². The van der Waals surface area contributed by atoms with Crippen molar-refractivity contribution in [1.82, 2.24) is 10.6 Å². The van der Waals surface area contributed by atoms with Gasteiger partial charge in [0.2, 0.25) is 0 Å². The van der Waals surface area contributed by atoms with Crippen LogP contribution < -0.4 is 10.6 Å². The second kappa shape index (κ2) is 7.75. The first-order valence-electron chi connectivity index (χ1n) is 6.88. The fourth-order valence-corrected chi connectivity index (χ4v) is 2.64. The van der Waals surface area contributed by atoms with Crippen molar-refractivity contribution in [3.8, 4) is 0 Å². The molecule has 0 amide bonds. The Morgan fingerprint density at radius 3 is 2.85 bits per heavy atom. The summed E-state index contributed by atoms with van der Waals surface area (Å²) in [7, 11) is 0. The zero-order valence-corrected chi connectivity index (χ0v) is 12.8. The van der Waals surface area contributed by atoms with Gasteiger partial charge < -0.3 is 15.1 Å². The van der Waals surface area contributed by atoms with Crippen LogP contribution in [0.4, 0.5) is 0 Å². The summed E-state index contributed by atoms with van der Waals surface area (Å²) >= 11 is 1.79. The van der Waals surface area contributed by atoms with Gasteiger partial charge in [0.15, 0.2) is 5.96 Å². The summed E-state index contributed by atoms with van der Waals surface area (Å²) in [5.41, 5.74) is 0. The van der Waals surface area contributed by atoms with Crippen molar-refractivity contribution in [3.05, 3.63) is 46.0 Å². The standard InChI is InChI=1S/C15H21N3OS/c1-3-16-15(17-9-8-13-5-4-10-19-13)18-11-14-7-6-12(2)20-14/h4-7,10H,3,8-9,11H2,1-2H3,(H2,16,17,18). The largest absolute Gasteiger partial charge is 0.469 e. The second-order valence-corrected chi connectivity index (χ2v) is 5.84. The maximum Gasteiger partial charge on any atom is 0.191 e. The van der Waals surface area contributed by atoms with E-state index in [9.17, 15) is 0 Å². The lowest BCUT2D eigenvalue weighted by Gasteiger charge is -2.10. The van der Waals surface area contributed by atoms with E-state index < -0.39 is 0 Å². The molecule has 0 aliphatic heterocycles. The van der Waals surface area contributed by atoms with Gasteiger partial charge in [0.05, 0.1) is 12.8 Å². The number of aliphatic imine (C=N–C) groups is 1. The summed E-state index contributed by atoms with van der Waals surface area (Å²) in [5, 5.41) is 6.57. The number of nitrogens with one attached hydrogen (secondary N) is 2. The van der Waals surface area contributed by atoms with Gasteiger partial charge in [-0.25, -0.2) is 4.99 Å². The summed E-state index contributed by atoms with van der Waals surface area (Å²) in [5.74, 6) is 1.84. The lowest BCUT2D eigenvalue weighted by atomic mass is 10.3. The highest BCUT2D eigenvalue weighted by Gasteiger charge is 2.00. The Labute approximate surface area is 123 Å². The van der Waals surface area contributed by atoms with Gasteiger partial charge in [-0.1, -0.05) is 0 Å². The number of rotatable bonds is 6. The number of guanidine groups is 1. The molecule has 0 radical (unpaired) electrons. The summed E-state index contributed by atoms with van der Waals surface area (Å²) in [6.45, 7) is 6.57. The molecule has 0 aliphatic carbocycles. The number of hydrogen-bond donors (Lipinski definition) is 2. The van der Waals surface area contributed by atoms with E-state index in [0.29, 0.717) is 6.54 Å². The lowest BCUT2D eigenvalue weighted by Crippen LogP contribution is -2.38. The second-order valence-electron chi connectivity index (χ2n) is 4.46. The van der Waals surface area contributed by atoms with Gasteiger partial charge >= 0.3 is 0 Å². The van der Waals surface area contributed by atoms with Crippen LogP contribution in [-0.2, 0) is 13.0 Å². The molecule has 0 bridgehead atoms. The summed E-state index contributed by atoms with van der Waals surface area (Å²) in [6, 6.07) is 8.16. The summed E-state index contributed by atoms with van der Waals surface area (Å²) in [4.78, 5) is 7.20. The highest BCUT2D eigenvalue weighted by Crippen LogP contribution is 2.15. The number of hydrogen-bond acceptors (Lipinski definition) is 3. The van der Waals surface area contributed by atoms with Crippen LogP contribution in [0.1, 0.15) is 22.4 Å². The molecule has 4 nitrogen and oxygen atoms in total. The molecular formula is C15H21N3OS. The Morgan fingerprint density at radius 2 is 2.20 bits per heavy atom. The smallest absolute Gasteiger partial charge is 0.191 e. The van der Waals surface area contributed by atoms with Crippen molar-refractivity contribution in [2.75, 3.05) is 13.1 Å². The predicted molar refractivity (Wildman–Crippen MR) is 84.3 cm³/mol. The minimum atomic E-state index is 0.717. The Balaban J connectivity index is 1.82. The average Bonchev–Trinajstić information content (AvgIpc) is 3.07. The maximum atomic E-state index is 5.31. The zero-order valence-electron chi connectivity index (χ0n) is 12.0. The van der Waals surface area contributed by atoms with Gasteiger partial charge in [-0.15, -0.1) is 11.3 Å². The van der Waals surface area contributed by atoms with E-state index >= 15 is 0 Å². The van der Waals surface area contributed by atoms with E-state index in [2.05, 4.69) is 41.6 Å². The molecule has 0 fully saturated rings. The van der Waals surface area contributed by atoms with Gasteiger partial charge in [-0.2, -0.15) is 0 Å². The molecule has 0 atom stereocenters. The zero-order chi connectivity index (χ0) is 14.2. The van der Waals surface area contributed by atoms with E-state index in [1.807, 2.05) is 12.1 Å². The van der Waals surface area contributed by atoms with Crippen LogP contribution in [0.25, 0.3) is 0 Å². The number of nitrogens with zero attached hydrogens (tertiary/aromatic N) is 1. The molecule has 0 saturated carbocycles.